The molecule has 3 heteroatoms. The zero-order valence-electron chi connectivity index (χ0n) is 11.4. The number of ether oxygens (including phenoxy) is 1. The Bertz CT molecular complexity index is 540. The lowest BCUT2D eigenvalue weighted by atomic mass is 10.0. The van der Waals surface area contributed by atoms with Crippen LogP contribution in [0.4, 0.5) is 0 Å². The largest absolute Gasteiger partial charge is 0.466 e. The Morgan fingerprint density at radius 1 is 1.21 bits per heavy atom. The molecule has 0 aliphatic rings. The summed E-state index contributed by atoms with van der Waals surface area (Å²) in [4.78, 5) is 14.5. The van der Waals surface area contributed by atoms with Gasteiger partial charge in [0.25, 0.3) is 0 Å². The van der Waals surface area contributed by atoms with Crippen molar-refractivity contribution >= 4 is 5.97 Å². The van der Waals surface area contributed by atoms with Gasteiger partial charge in [-0.05, 0) is 43.0 Å². The number of benzene rings is 1. The van der Waals surface area contributed by atoms with Crippen molar-refractivity contribution in [2.75, 3.05) is 6.61 Å². The number of aromatic nitrogens is 1. The van der Waals surface area contributed by atoms with Crippen molar-refractivity contribution in [1.82, 2.24) is 4.98 Å². The first-order chi connectivity index (χ1) is 9.19. The molecule has 0 saturated carbocycles. The van der Waals surface area contributed by atoms with Crippen molar-refractivity contribution in [3.8, 4) is 11.1 Å². The van der Waals surface area contributed by atoms with Crippen LogP contribution >= 0.6 is 0 Å². The molecule has 19 heavy (non-hydrogen) atoms. The van der Waals surface area contributed by atoms with Crippen LogP contribution in [0.5, 0.6) is 0 Å². The Hall–Kier alpha value is -2.03. The molecular weight excluding hydrogens is 238 g/mol. The molecule has 0 spiro atoms. The first kappa shape index (κ1) is 13.4. The van der Waals surface area contributed by atoms with E-state index in [1.807, 2.05) is 20.0 Å². The van der Waals surface area contributed by atoms with Gasteiger partial charge in [-0.3, -0.25) is 4.79 Å². The molecule has 0 unspecified atom stereocenters. The number of carbonyl (C=O) groups excluding carboxylic acids is 1. The molecule has 0 aliphatic carbocycles. The number of H-pyrrole nitrogens is 1. The summed E-state index contributed by atoms with van der Waals surface area (Å²) >= 11 is 0. The van der Waals surface area contributed by atoms with Gasteiger partial charge in [-0.2, -0.15) is 0 Å². The van der Waals surface area contributed by atoms with Crippen molar-refractivity contribution in [1.29, 1.82) is 0 Å². The van der Waals surface area contributed by atoms with Gasteiger partial charge in [0.05, 0.1) is 6.61 Å². The third kappa shape index (κ3) is 3.71. The molecule has 0 aliphatic heterocycles. The molecule has 1 aromatic carbocycles. The Morgan fingerprint density at radius 3 is 2.53 bits per heavy atom. The molecule has 0 bridgehead atoms. The Morgan fingerprint density at radius 2 is 1.95 bits per heavy atom. The van der Waals surface area contributed by atoms with Crippen molar-refractivity contribution in [3.05, 3.63) is 47.8 Å². The smallest absolute Gasteiger partial charge is 0.306 e. The van der Waals surface area contributed by atoms with Gasteiger partial charge in [0, 0.05) is 18.3 Å². The second-order valence-corrected chi connectivity index (χ2v) is 4.57. The van der Waals surface area contributed by atoms with Gasteiger partial charge in [0.15, 0.2) is 0 Å². The third-order valence-corrected chi connectivity index (χ3v) is 3.04. The lowest BCUT2D eigenvalue weighted by Crippen LogP contribution is -2.05. The lowest BCUT2D eigenvalue weighted by Gasteiger charge is -2.03. The molecule has 0 saturated heterocycles. The molecule has 0 atom stereocenters. The highest BCUT2D eigenvalue weighted by Crippen LogP contribution is 2.20. The fourth-order valence-corrected chi connectivity index (χ4v) is 2.02. The van der Waals surface area contributed by atoms with E-state index in [-0.39, 0.29) is 5.97 Å². The zero-order valence-corrected chi connectivity index (χ0v) is 11.4. The van der Waals surface area contributed by atoms with Gasteiger partial charge in [-0.1, -0.05) is 24.3 Å². The van der Waals surface area contributed by atoms with E-state index in [0.717, 1.165) is 17.7 Å². The minimum Gasteiger partial charge on any atom is -0.466 e. The number of carbonyl (C=O) groups is 1. The monoisotopic (exact) mass is 257 g/mol. The van der Waals surface area contributed by atoms with Crippen LogP contribution in [0.25, 0.3) is 11.1 Å². The van der Waals surface area contributed by atoms with Crippen LogP contribution in [0.2, 0.25) is 0 Å². The van der Waals surface area contributed by atoms with Gasteiger partial charge in [-0.25, -0.2) is 0 Å². The minimum absolute atomic E-state index is 0.132. The molecule has 2 rings (SSSR count). The Kier molecular flexibility index (Phi) is 4.39. The molecule has 0 fully saturated rings. The van der Waals surface area contributed by atoms with Gasteiger partial charge < -0.3 is 9.72 Å². The summed E-state index contributed by atoms with van der Waals surface area (Å²) < 4.78 is 4.92. The summed E-state index contributed by atoms with van der Waals surface area (Å²) in [6.07, 6.45) is 3.17. The van der Waals surface area contributed by atoms with Crippen molar-refractivity contribution < 1.29 is 9.53 Å². The Labute approximate surface area is 113 Å². The van der Waals surface area contributed by atoms with E-state index < -0.39 is 0 Å². The predicted octanol–water partition coefficient (Wildman–Crippen LogP) is 3.49. The molecule has 2 aromatic rings. The Balaban J connectivity index is 1.97. The average molecular weight is 257 g/mol. The van der Waals surface area contributed by atoms with E-state index in [9.17, 15) is 4.79 Å². The fraction of sp³-hybridized carbons (Fsp3) is 0.312. The molecule has 100 valence electrons. The van der Waals surface area contributed by atoms with E-state index in [1.165, 1.54) is 11.1 Å². The maximum absolute atomic E-state index is 11.3. The topological polar surface area (TPSA) is 42.1 Å². The van der Waals surface area contributed by atoms with Crippen molar-refractivity contribution in [2.45, 2.75) is 26.7 Å². The first-order valence-electron chi connectivity index (χ1n) is 6.59. The summed E-state index contributed by atoms with van der Waals surface area (Å²) in [5.41, 5.74) is 4.68. The fourth-order valence-electron chi connectivity index (χ4n) is 2.02. The number of hydrogen-bond donors (Lipinski definition) is 1. The highest BCUT2D eigenvalue weighted by Gasteiger charge is 2.04. The highest BCUT2D eigenvalue weighted by molar-refractivity contribution is 5.70. The summed E-state index contributed by atoms with van der Waals surface area (Å²) in [5.74, 6) is -0.132. The molecule has 1 heterocycles. The molecule has 0 amide bonds. The maximum Gasteiger partial charge on any atom is 0.306 e. The van der Waals surface area contributed by atoms with E-state index in [0.29, 0.717) is 13.0 Å². The van der Waals surface area contributed by atoms with E-state index >= 15 is 0 Å². The SMILES string of the molecule is CCOC(=O)CCc1ccc(-c2c[nH]c(C)c2)cc1. The summed E-state index contributed by atoms with van der Waals surface area (Å²) in [7, 11) is 0. The normalized spacial score (nSPS) is 10.4. The van der Waals surface area contributed by atoms with Crippen LogP contribution < -0.4 is 0 Å². The molecule has 1 N–H and O–H groups in total. The van der Waals surface area contributed by atoms with Crippen molar-refractivity contribution in [2.24, 2.45) is 0 Å². The number of aromatic amines is 1. The predicted molar refractivity (Wildman–Crippen MR) is 75.9 cm³/mol. The summed E-state index contributed by atoms with van der Waals surface area (Å²) in [6, 6.07) is 10.4. The van der Waals surface area contributed by atoms with E-state index in [2.05, 4.69) is 35.3 Å². The number of hydrogen-bond acceptors (Lipinski definition) is 2. The van der Waals surface area contributed by atoms with Gasteiger partial charge >= 0.3 is 5.97 Å². The van der Waals surface area contributed by atoms with Crippen LogP contribution in [-0.2, 0) is 16.0 Å². The highest BCUT2D eigenvalue weighted by atomic mass is 16.5. The zero-order chi connectivity index (χ0) is 13.7. The van der Waals surface area contributed by atoms with Crippen LogP contribution in [0.1, 0.15) is 24.6 Å². The summed E-state index contributed by atoms with van der Waals surface area (Å²) in [6.45, 7) is 4.31. The van der Waals surface area contributed by atoms with E-state index in [1.54, 1.807) is 0 Å². The number of esters is 1. The van der Waals surface area contributed by atoms with Gasteiger partial charge in [0.1, 0.15) is 0 Å². The second kappa shape index (κ2) is 6.23. The van der Waals surface area contributed by atoms with Gasteiger partial charge in [0.2, 0.25) is 0 Å². The number of rotatable bonds is 5. The second-order valence-electron chi connectivity index (χ2n) is 4.57. The molecule has 3 nitrogen and oxygen atoms in total. The molecule has 0 radical (unpaired) electrons. The summed E-state index contributed by atoms with van der Waals surface area (Å²) in [5, 5.41) is 0. The van der Waals surface area contributed by atoms with Gasteiger partial charge in [-0.15, -0.1) is 0 Å². The average Bonchev–Trinajstić information content (AvgIpc) is 2.84. The number of aryl methyl sites for hydroxylation is 2. The van der Waals surface area contributed by atoms with Crippen LogP contribution in [-0.4, -0.2) is 17.6 Å². The molecular formula is C16H19NO2. The van der Waals surface area contributed by atoms with Crippen LogP contribution in [0.3, 0.4) is 0 Å². The van der Waals surface area contributed by atoms with Crippen LogP contribution in [0, 0.1) is 6.92 Å². The minimum atomic E-state index is -0.132. The lowest BCUT2D eigenvalue weighted by molar-refractivity contribution is -0.143. The molecule has 1 aromatic heterocycles. The third-order valence-electron chi connectivity index (χ3n) is 3.04. The number of nitrogens with one attached hydrogen (secondary N) is 1. The van der Waals surface area contributed by atoms with Crippen LogP contribution in [0.15, 0.2) is 36.5 Å². The van der Waals surface area contributed by atoms with E-state index in [4.69, 9.17) is 4.74 Å². The van der Waals surface area contributed by atoms with Crippen molar-refractivity contribution in [3.63, 3.8) is 0 Å². The standard InChI is InChI=1S/C16H19NO2/c1-3-19-16(18)9-6-13-4-7-14(8-5-13)15-10-12(2)17-11-15/h4-5,7-8,10-11,17H,3,6,9H2,1-2H3. The quantitative estimate of drug-likeness (QED) is 0.833. The first-order valence-corrected chi connectivity index (χ1v) is 6.59. The maximum atomic E-state index is 11.3.